The van der Waals surface area contributed by atoms with Crippen LogP contribution in [0.3, 0.4) is 0 Å². The number of hydrogen-bond acceptors (Lipinski definition) is 5. The molecule has 0 saturated heterocycles. The Hall–Kier alpha value is -3.12. The van der Waals surface area contributed by atoms with E-state index in [9.17, 15) is 4.79 Å². The molecule has 0 aliphatic rings. The van der Waals surface area contributed by atoms with E-state index in [0.29, 0.717) is 22.5 Å². The highest BCUT2D eigenvalue weighted by molar-refractivity contribution is 7.98. The largest absolute Gasteiger partial charge is 0.402 e. The minimum Gasteiger partial charge on any atom is -0.402 e. The van der Waals surface area contributed by atoms with Crippen LogP contribution in [-0.2, 0) is 7.05 Å². The topological polar surface area (TPSA) is 86.1 Å². The maximum absolute atomic E-state index is 13.2. The molecule has 6 heteroatoms. The Kier molecular flexibility index (Phi) is 6.81. The third-order valence-electron chi connectivity index (χ3n) is 5.30. The molecule has 5 N–H and O–H groups in total. The summed E-state index contributed by atoms with van der Waals surface area (Å²) in [6.07, 6.45) is 5.54. The van der Waals surface area contributed by atoms with Crippen LogP contribution in [0.2, 0.25) is 0 Å². The van der Waals surface area contributed by atoms with E-state index in [1.807, 2.05) is 31.2 Å². The molecule has 0 saturated carbocycles. The van der Waals surface area contributed by atoms with Crippen LogP contribution in [0, 0.1) is 6.92 Å². The van der Waals surface area contributed by atoms with E-state index >= 15 is 0 Å². The lowest BCUT2D eigenvalue weighted by molar-refractivity contribution is 0.847. The van der Waals surface area contributed by atoms with Crippen molar-refractivity contribution in [1.29, 1.82) is 0 Å². The van der Waals surface area contributed by atoms with Gasteiger partial charge in [0.2, 0.25) is 0 Å². The van der Waals surface area contributed by atoms with Gasteiger partial charge in [0.15, 0.2) is 0 Å². The molecule has 0 spiro atoms. The molecular formula is C25H30N4OS. The summed E-state index contributed by atoms with van der Waals surface area (Å²) in [7, 11) is 1.75. The first-order chi connectivity index (χ1) is 14.7. The summed E-state index contributed by atoms with van der Waals surface area (Å²) in [5.41, 5.74) is 17.0. The Morgan fingerprint density at radius 1 is 1.13 bits per heavy atom. The number of fused-ring (bicyclic) bond motifs is 1. The van der Waals surface area contributed by atoms with Crippen molar-refractivity contribution in [2.24, 2.45) is 18.5 Å². The van der Waals surface area contributed by atoms with E-state index in [2.05, 4.69) is 36.7 Å². The lowest BCUT2D eigenvalue weighted by Crippen LogP contribution is -2.22. The number of anilines is 1. The number of nitrogens with one attached hydrogen (secondary N) is 1. The Balaban J connectivity index is 2.18. The van der Waals surface area contributed by atoms with Gasteiger partial charge in [-0.3, -0.25) is 4.79 Å². The van der Waals surface area contributed by atoms with Gasteiger partial charge in [-0.05, 0) is 80.0 Å². The monoisotopic (exact) mass is 434 g/mol. The fourth-order valence-electron chi connectivity index (χ4n) is 3.70. The molecule has 1 atom stereocenters. The molecule has 1 aromatic heterocycles. The molecule has 0 bridgehead atoms. The number of aromatic nitrogens is 1. The Morgan fingerprint density at radius 2 is 1.84 bits per heavy atom. The summed E-state index contributed by atoms with van der Waals surface area (Å²) in [5.74, 6) is 0. The zero-order chi connectivity index (χ0) is 22.7. The van der Waals surface area contributed by atoms with Crippen LogP contribution in [-0.4, -0.2) is 10.8 Å². The van der Waals surface area contributed by atoms with Crippen molar-refractivity contribution in [2.45, 2.75) is 31.7 Å². The number of aryl methyl sites for hydroxylation is 1. The summed E-state index contributed by atoms with van der Waals surface area (Å²) in [4.78, 5) is 14.4. The lowest BCUT2D eigenvalue weighted by Gasteiger charge is -2.21. The standard InChI is InChI=1S/C25H30N4OS/c1-15-12-18(17(3)28-22-8-6-7-9-24(22)31-5)19-14-23(21(27)11-10-16(2)26)29(4)25(30)20(19)13-15/h6-14,17,28H,26-27H2,1-5H3/b16-10-,21-11-/t17-/m1/s1. The molecule has 162 valence electrons. The molecule has 3 aromatic rings. The van der Waals surface area contributed by atoms with Gasteiger partial charge in [0.25, 0.3) is 5.56 Å². The highest BCUT2D eigenvalue weighted by Crippen LogP contribution is 2.32. The van der Waals surface area contributed by atoms with Gasteiger partial charge < -0.3 is 21.4 Å². The van der Waals surface area contributed by atoms with Crippen molar-refractivity contribution < 1.29 is 0 Å². The predicted octanol–water partition coefficient (Wildman–Crippen LogP) is 4.90. The van der Waals surface area contributed by atoms with Crippen LogP contribution >= 0.6 is 11.8 Å². The number of thioether (sulfide) groups is 1. The van der Waals surface area contributed by atoms with Crippen LogP contribution < -0.4 is 22.3 Å². The van der Waals surface area contributed by atoms with Gasteiger partial charge >= 0.3 is 0 Å². The van der Waals surface area contributed by atoms with Gasteiger partial charge in [-0.1, -0.05) is 18.2 Å². The van der Waals surface area contributed by atoms with Crippen LogP contribution in [0.15, 0.2) is 70.0 Å². The molecule has 0 unspecified atom stereocenters. The van der Waals surface area contributed by atoms with Gasteiger partial charge in [0.1, 0.15) is 0 Å². The van der Waals surface area contributed by atoms with Gasteiger partial charge in [0, 0.05) is 34.8 Å². The van der Waals surface area contributed by atoms with Gasteiger partial charge in [0.05, 0.1) is 11.4 Å². The van der Waals surface area contributed by atoms with E-state index < -0.39 is 0 Å². The van der Waals surface area contributed by atoms with Crippen molar-refractivity contribution in [3.8, 4) is 0 Å². The summed E-state index contributed by atoms with van der Waals surface area (Å²) in [6.45, 7) is 5.92. The fraction of sp³-hybridized carbons (Fsp3) is 0.240. The summed E-state index contributed by atoms with van der Waals surface area (Å²) in [5, 5.41) is 5.20. The van der Waals surface area contributed by atoms with Crippen LogP contribution in [0.5, 0.6) is 0 Å². The number of para-hydroxylation sites is 1. The van der Waals surface area contributed by atoms with Gasteiger partial charge in [-0.2, -0.15) is 0 Å². The highest BCUT2D eigenvalue weighted by atomic mass is 32.2. The first kappa shape index (κ1) is 22.6. The third kappa shape index (κ3) is 4.80. The Labute approximate surface area is 187 Å². The third-order valence-corrected chi connectivity index (χ3v) is 6.10. The quantitative estimate of drug-likeness (QED) is 0.379. The smallest absolute Gasteiger partial charge is 0.258 e. The number of pyridine rings is 1. The molecular weight excluding hydrogens is 404 g/mol. The fourth-order valence-corrected chi connectivity index (χ4v) is 4.27. The Bertz CT molecular complexity index is 1240. The summed E-state index contributed by atoms with van der Waals surface area (Å²) >= 11 is 1.70. The first-order valence-corrected chi connectivity index (χ1v) is 11.4. The van der Waals surface area contributed by atoms with Crippen LogP contribution in [0.4, 0.5) is 5.69 Å². The lowest BCUT2D eigenvalue weighted by atomic mass is 9.96. The average Bonchev–Trinajstić information content (AvgIpc) is 2.74. The molecule has 0 fully saturated rings. The minimum atomic E-state index is -0.0704. The van der Waals surface area contributed by atoms with E-state index in [4.69, 9.17) is 11.5 Å². The van der Waals surface area contributed by atoms with Crippen LogP contribution in [0.25, 0.3) is 16.5 Å². The zero-order valence-electron chi connectivity index (χ0n) is 18.7. The van der Waals surface area contributed by atoms with Gasteiger partial charge in [-0.15, -0.1) is 11.8 Å². The normalized spacial score (nSPS) is 13.5. The van der Waals surface area contributed by atoms with Crippen LogP contribution in [0.1, 0.15) is 36.7 Å². The molecule has 1 heterocycles. The van der Waals surface area contributed by atoms with Crippen molar-refractivity contribution in [1.82, 2.24) is 4.57 Å². The van der Waals surface area contributed by atoms with Crippen molar-refractivity contribution in [3.05, 3.63) is 87.5 Å². The molecule has 2 aromatic carbocycles. The van der Waals surface area contributed by atoms with Crippen molar-refractivity contribution >= 4 is 33.9 Å². The molecule has 0 radical (unpaired) electrons. The molecule has 5 nitrogen and oxygen atoms in total. The molecule has 0 aliphatic heterocycles. The number of allylic oxidation sites excluding steroid dienone is 3. The van der Waals surface area contributed by atoms with Crippen molar-refractivity contribution in [2.75, 3.05) is 11.6 Å². The molecule has 3 rings (SSSR count). The zero-order valence-corrected chi connectivity index (χ0v) is 19.5. The van der Waals surface area contributed by atoms with E-state index in [0.717, 1.165) is 22.2 Å². The second kappa shape index (κ2) is 9.35. The second-order valence-electron chi connectivity index (χ2n) is 7.81. The maximum Gasteiger partial charge on any atom is 0.258 e. The number of rotatable bonds is 6. The van der Waals surface area contributed by atoms with E-state index in [1.165, 1.54) is 4.90 Å². The highest BCUT2D eigenvalue weighted by Gasteiger charge is 2.16. The van der Waals surface area contributed by atoms with Gasteiger partial charge in [-0.25, -0.2) is 0 Å². The minimum absolute atomic E-state index is 0.00737. The number of hydrogen-bond donors (Lipinski definition) is 3. The summed E-state index contributed by atoms with van der Waals surface area (Å²) < 4.78 is 1.60. The SMILES string of the molecule is CSc1ccccc1N[C@H](C)c1cc(C)cc2c(=O)n(C)c(/C(N)=C/C=C(/C)N)cc12. The first-order valence-electron chi connectivity index (χ1n) is 10.2. The van der Waals surface area contributed by atoms with E-state index in [-0.39, 0.29) is 11.6 Å². The molecule has 0 aliphatic carbocycles. The Morgan fingerprint density at radius 3 is 2.52 bits per heavy atom. The summed E-state index contributed by atoms with van der Waals surface area (Å²) in [6, 6.07) is 14.3. The number of nitrogens with zero attached hydrogens (tertiary/aromatic N) is 1. The molecule has 0 amide bonds. The van der Waals surface area contributed by atoms with E-state index in [1.54, 1.807) is 42.5 Å². The number of benzene rings is 2. The van der Waals surface area contributed by atoms with Crippen molar-refractivity contribution in [3.63, 3.8) is 0 Å². The second-order valence-corrected chi connectivity index (χ2v) is 8.66. The predicted molar refractivity (Wildman–Crippen MR) is 134 cm³/mol. The molecule has 31 heavy (non-hydrogen) atoms. The maximum atomic E-state index is 13.2. The number of nitrogens with two attached hydrogens (primary N) is 2. The average molecular weight is 435 g/mol.